The van der Waals surface area contributed by atoms with Gasteiger partial charge < -0.3 is 9.68 Å². The highest BCUT2D eigenvalue weighted by Crippen LogP contribution is 2.34. The van der Waals surface area contributed by atoms with Gasteiger partial charge in [0.2, 0.25) is 0 Å². The maximum Gasteiger partial charge on any atom is 0.419 e. The first-order valence-corrected chi connectivity index (χ1v) is 5.06. The smallest absolute Gasteiger partial charge is 0.358 e. The van der Waals surface area contributed by atoms with E-state index >= 15 is 0 Å². The van der Waals surface area contributed by atoms with Gasteiger partial charge in [-0.25, -0.2) is 10.4 Å². The van der Waals surface area contributed by atoms with Gasteiger partial charge >= 0.3 is 6.18 Å². The minimum absolute atomic E-state index is 0.0519. The Kier molecular flexibility index (Phi) is 3.22. The number of hydrogen-bond donors (Lipinski definition) is 1. The van der Waals surface area contributed by atoms with Crippen LogP contribution in [-0.2, 0) is 15.9 Å². The van der Waals surface area contributed by atoms with E-state index in [0.717, 1.165) is 17.5 Å². The van der Waals surface area contributed by atoms with E-state index in [4.69, 9.17) is 21.3 Å². The van der Waals surface area contributed by atoms with E-state index in [1.54, 1.807) is 6.92 Å². The molecule has 2 rings (SSSR count). The summed E-state index contributed by atoms with van der Waals surface area (Å²) in [7, 11) is 0. The van der Waals surface area contributed by atoms with Crippen molar-refractivity contribution in [2.75, 3.05) is 5.43 Å². The molecule has 0 bridgehead atoms. The number of nitrogens with one attached hydrogen (secondary N) is 1. The topological polar surface area (TPSA) is 46.6 Å². The third-order valence-corrected chi connectivity index (χ3v) is 2.19. The van der Waals surface area contributed by atoms with Crippen LogP contribution in [0.2, 0.25) is 5.15 Å². The van der Waals surface area contributed by atoms with Crippen molar-refractivity contribution < 1.29 is 22.8 Å². The van der Waals surface area contributed by atoms with Crippen LogP contribution in [0.25, 0.3) is 0 Å². The number of pyridine rings is 1. The van der Waals surface area contributed by atoms with Crippen LogP contribution >= 0.6 is 11.6 Å². The summed E-state index contributed by atoms with van der Waals surface area (Å²) in [6.07, 6.45) is -3.24. The van der Waals surface area contributed by atoms with Gasteiger partial charge in [-0.05, 0) is 19.1 Å². The summed E-state index contributed by atoms with van der Waals surface area (Å²) in [6.45, 7) is 1.63. The number of anilines is 1. The highest BCUT2D eigenvalue weighted by atomic mass is 35.5. The quantitative estimate of drug-likeness (QED) is 0.844. The fourth-order valence-electron chi connectivity index (χ4n) is 1.15. The average Bonchev–Trinajstić information content (AvgIpc) is 2.62. The number of nitrogens with zero attached hydrogens (tertiary/aromatic N) is 2. The Morgan fingerprint density at radius 2 is 2.11 bits per heavy atom. The van der Waals surface area contributed by atoms with Crippen molar-refractivity contribution in [3.8, 4) is 0 Å². The lowest BCUT2D eigenvalue weighted by molar-refractivity contribution is -0.271. The summed E-state index contributed by atoms with van der Waals surface area (Å²) in [6, 6.07) is 1.92. The molecule has 1 aromatic heterocycles. The molecule has 1 N–H and O–H groups in total. The zero-order valence-corrected chi connectivity index (χ0v) is 9.71. The molecule has 98 valence electrons. The van der Waals surface area contributed by atoms with E-state index in [2.05, 4.69) is 10.4 Å². The predicted octanol–water partition coefficient (Wildman–Crippen LogP) is 3.12. The summed E-state index contributed by atoms with van der Waals surface area (Å²) in [5, 5.41) is 0.178. The minimum atomic E-state index is -4.54. The van der Waals surface area contributed by atoms with Gasteiger partial charge in [0, 0.05) is 0 Å². The zero-order chi connectivity index (χ0) is 13.3. The number of aromatic nitrogens is 1. The second-order valence-electron chi connectivity index (χ2n) is 3.33. The second-order valence-corrected chi connectivity index (χ2v) is 3.68. The van der Waals surface area contributed by atoms with Crippen LogP contribution in [-0.4, -0.2) is 10.3 Å². The zero-order valence-electron chi connectivity index (χ0n) is 8.95. The van der Waals surface area contributed by atoms with Gasteiger partial charge in [-0.2, -0.15) is 13.2 Å². The van der Waals surface area contributed by atoms with Gasteiger partial charge in [0.05, 0.1) is 5.56 Å². The third-order valence-electron chi connectivity index (χ3n) is 1.90. The van der Waals surface area contributed by atoms with Gasteiger partial charge in [-0.15, -0.1) is 0 Å². The molecule has 0 saturated carbocycles. The summed E-state index contributed by atoms with van der Waals surface area (Å²) in [4.78, 5) is 13.3. The SMILES string of the molecule is CC1=CON(Nc2ccc(C(F)(F)F)c(Cl)n2)O1. The molecule has 0 amide bonds. The molecule has 5 nitrogen and oxygen atoms in total. The van der Waals surface area contributed by atoms with E-state index in [-0.39, 0.29) is 5.82 Å². The van der Waals surface area contributed by atoms with Crippen LogP contribution in [0.3, 0.4) is 0 Å². The van der Waals surface area contributed by atoms with Gasteiger partial charge in [0.25, 0.3) is 0 Å². The fourth-order valence-corrected chi connectivity index (χ4v) is 1.41. The van der Waals surface area contributed by atoms with Gasteiger partial charge in [0.1, 0.15) is 16.3 Å². The van der Waals surface area contributed by atoms with E-state index in [1.165, 1.54) is 6.26 Å². The van der Waals surface area contributed by atoms with Crippen LogP contribution in [0, 0.1) is 0 Å². The number of rotatable bonds is 2. The van der Waals surface area contributed by atoms with Gasteiger partial charge in [-0.1, -0.05) is 11.6 Å². The van der Waals surface area contributed by atoms with Gasteiger partial charge in [0.15, 0.2) is 12.0 Å². The molecule has 0 spiro atoms. The summed E-state index contributed by atoms with van der Waals surface area (Å²) < 4.78 is 37.3. The molecule has 2 heterocycles. The molecule has 0 aliphatic carbocycles. The third kappa shape index (κ3) is 2.77. The largest absolute Gasteiger partial charge is 0.419 e. The first-order chi connectivity index (χ1) is 8.36. The van der Waals surface area contributed by atoms with Crippen LogP contribution in [0.4, 0.5) is 19.0 Å². The molecule has 0 atom stereocenters. The standard InChI is InChI=1S/C9H7ClF3N3O2/c1-5-4-17-16(18-5)15-7-3-2-6(8(10)14-7)9(11,12)13/h2-4H,1H3,(H,14,15). The highest BCUT2D eigenvalue weighted by molar-refractivity contribution is 6.30. The van der Waals surface area contributed by atoms with E-state index < -0.39 is 16.9 Å². The van der Waals surface area contributed by atoms with Crippen molar-refractivity contribution in [1.29, 1.82) is 0 Å². The van der Waals surface area contributed by atoms with E-state index in [1.807, 2.05) is 0 Å². The molecule has 1 aliphatic rings. The van der Waals surface area contributed by atoms with Crippen LogP contribution in [0.15, 0.2) is 24.2 Å². The normalized spacial score (nSPS) is 15.9. The highest BCUT2D eigenvalue weighted by Gasteiger charge is 2.34. The van der Waals surface area contributed by atoms with E-state index in [9.17, 15) is 13.2 Å². The molecule has 0 unspecified atom stereocenters. The number of hydrazine groups is 1. The lowest BCUT2D eigenvalue weighted by Crippen LogP contribution is -2.25. The monoisotopic (exact) mass is 281 g/mol. The van der Waals surface area contributed by atoms with Crippen molar-refractivity contribution in [1.82, 2.24) is 10.3 Å². The number of alkyl halides is 3. The van der Waals surface area contributed by atoms with Crippen LogP contribution in [0.1, 0.15) is 12.5 Å². The Hall–Kier alpha value is -1.67. The van der Waals surface area contributed by atoms with Crippen molar-refractivity contribution in [2.45, 2.75) is 13.1 Å². The lowest BCUT2D eigenvalue weighted by Gasteiger charge is -2.15. The number of hydrogen-bond acceptors (Lipinski definition) is 5. The average molecular weight is 282 g/mol. The van der Waals surface area contributed by atoms with Crippen LogP contribution in [0.5, 0.6) is 0 Å². The van der Waals surface area contributed by atoms with Crippen molar-refractivity contribution in [3.63, 3.8) is 0 Å². The minimum Gasteiger partial charge on any atom is -0.358 e. The van der Waals surface area contributed by atoms with Crippen LogP contribution < -0.4 is 5.43 Å². The van der Waals surface area contributed by atoms with E-state index in [0.29, 0.717) is 5.76 Å². The number of halogens is 4. The Balaban J connectivity index is 2.10. The Morgan fingerprint density at radius 3 is 2.61 bits per heavy atom. The molecule has 1 aromatic rings. The number of allylic oxidation sites excluding steroid dienone is 1. The molecule has 0 aromatic carbocycles. The molecular weight excluding hydrogens is 275 g/mol. The van der Waals surface area contributed by atoms with Gasteiger partial charge in [-0.3, -0.25) is 0 Å². The summed E-state index contributed by atoms with van der Waals surface area (Å²) >= 11 is 5.44. The van der Waals surface area contributed by atoms with Crippen molar-refractivity contribution in [2.24, 2.45) is 0 Å². The first kappa shape index (κ1) is 12.8. The summed E-state index contributed by atoms with van der Waals surface area (Å²) in [5.74, 6) is 0.525. The fraction of sp³-hybridized carbons (Fsp3) is 0.222. The molecule has 0 fully saturated rings. The molecule has 0 radical (unpaired) electrons. The second kappa shape index (κ2) is 4.54. The molecule has 18 heavy (non-hydrogen) atoms. The molecule has 9 heteroatoms. The molecule has 1 aliphatic heterocycles. The first-order valence-electron chi connectivity index (χ1n) is 4.68. The van der Waals surface area contributed by atoms with Crippen molar-refractivity contribution >= 4 is 17.4 Å². The molecule has 0 saturated heterocycles. The predicted molar refractivity (Wildman–Crippen MR) is 55.6 cm³/mol. The Bertz CT molecular complexity index is 492. The van der Waals surface area contributed by atoms with Crippen molar-refractivity contribution in [3.05, 3.63) is 34.9 Å². The lowest BCUT2D eigenvalue weighted by atomic mass is 10.3. The maximum absolute atomic E-state index is 12.4. The summed E-state index contributed by atoms with van der Waals surface area (Å²) in [5.41, 5.74) is 1.46. The Labute approximate surface area is 105 Å². The maximum atomic E-state index is 12.4. The molecular formula is C9H7ClF3N3O2. The Morgan fingerprint density at radius 1 is 1.39 bits per heavy atom.